The summed E-state index contributed by atoms with van der Waals surface area (Å²) in [6.07, 6.45) is 4.54. The summed E-state index contributed by atoms with van der Waals surface area (Å²) in [5, 5.41) is 0. The summed E-state index contributed by atoms with van der Waals surface area (Å²) in [5.41, 5.74) is -0.543. The lowest BCUT2D eigenvalue weighted by molar-refractivity contribution is -0.0927. The number of piperidine rings is 1. The monoisotopic (exact) mass is 301 g/mol. The zero-order chi connectivity index (χ0) is 15.5. The van der Waals surface area contributed by atoms with Crippen LogP contribution in [0.3, 0.4) is 0 Å². The number of carbonyl (C=O) groups is 1. The maximum Gasteiger partial charge on any atom is 0.410 e. The molecule has 0 N–H and O–H groups in total. The molecule has 1 aliphatic heterocycles. The predicted molar refractivity (Wildman–Crippen MR) is 79.1 cm³/mol. The Balaban J connectivity index is 1.79. The van der Waals surface area contributed by atoms with Gasteiger partial charge in [0.1, 0.15) is 11.8 Å². The van der Waals surface area contributed by atoms with Gasteiger partial charge in [-0.2, -0.15) is 0 Å². The number of carbonyl (C=O) groups excluding carboxylic acids is 1. The second-order valence-electron chi connectivity index (χ2n) is 7.17. The molecular formula is C16H28FNO3. The van der Waals surface area contributed by atoms with Crippen LogP contribution in [0.4, 0.5) is 9.18 Å². The normalized spacial score (nSPS) is 28.5. The Morgan fingerprint density at radius 2 is 1.81 bits per heavy atom. The van der Waals surface area contributed by atoms with Crippen molar-refractivity contribution in [1.29, 1.82) is 0 Å². The molecule has 1 amide bonds. The highest BCUT2D eigenvalue weighted by molar-refractivity contribution is 5.68. The maximum atomic E-state index is 14.3. The number of likely N-dealkylation sites (tertiary alicyclic amines) is 1. The molecule has 1 saturated heterocycles. The minimum atomic E-state index is -1.12. The summed E-state index contributed by atoms with van der Waals surface area (Å²) in [6, 6.07) is 0. The Morgan fingerprint density at radius 1 is 1.14 bits per heavy atom. The fourth-order valence-electron chi connectivity index (χ4n) is 2.98. The summed E-state index contributed by atoms with van der Waals surface area (Å²) >= 11 is 0. The van der Waals surface area contributed by atoms with Crippen molar-refractivity contribution in [1.82, 2.24) is 4.90 Å². The molecule has 1 saturated carbocycles. The highest BCUT2D eigenvalue weighted by Gasteiger charge is 2.35. The molecule has 2 fully saturated rings. The Labute approximate surface area is 127 Å². The molecule has 0 aromatic carbocycles. The zero-order valence-electron chi connectivity index (χ0n) is 13.4. The summed E-state index contributed by atoms with van der Waals surface area (Å²) in [5.74, 6) is 0. The van der Waals surface area contributed by atoms with E-state index in [4.69, 9.17) is 9.47 Å². The molecule has 0 aromatic heterocycles. The molecule has 1 heterocycles. The van der Waals surface area contributed by atoms with Crippen molar-refractivity contribution in [3.05, 3.63) is 0 Å². The van der Waals surface area contributed by atoms with E-state index in [9.17, 15) is 9.18 Å². The van der Waals surface area contributed by atoms with Crippen LogP contribution in [0.1, 0.15) is 59.3 Å². The number of ether oxygens (including phenoxy) is 2. The number of rotatable bonds is 2. The molecule has 0 bridgehead atoms. The third-order valence-corrected chi connectivity index (χ3v) is 4.05. The fraction of sp³-hybridized carbons (Fsp3) is 0.938. The van der Waals surface area contributed by atoms with Crippen LogP contribution in [0.15, 0.2) is 0 Å². The minimum absolute atomic E-state index is 0.0757. The van der Waals surface area contributed by atoms with Crippen LogP contribution in [0.2, 0.25) is 0 Å². The lowest BCUT2D eigenvalue weighted by Gasteiger charge is -2.37. The van der Waals surface area contributed by atoms with Crippen LogP contribution in [0.5, 0.6) is 0 Å². The van der Waals surface area contributed by atoms with Crippen LogP contribution in [0.25, 0.3) is 0 Å². The third-order valence-electron chi connectivity index (χ3n) is 4.05. The molecule has 2 atom stereocenters. The van der Waals surface area contributed by atoms with Gasteiger partial charge in [0.2, 0.25) is 0 Å². The number of hydrogen-bond acceptors (Lipinski definition) is 3. The summed E-state index contributed by atoms with van der Waals surface area (Å²) in [4.78, 5) is 13.4. The Bertz CT molecular complexity index is 350. The number of nitrogens with zero attached hydrogens (tertiary/aromatic N) is 1. The second kappa shape index (κ2) is 6.95. The molecule has 0 radical (unpaired) electrons. The first-order valence-corrected chi connectivity index (χ1v) is 8.12. The maximum absolute atomic E-state index is 14.3. The van der Waals surface area contributed by atoms with Crippen molar-refractivity contribution in [3.8, 4) is 0 Å². The molecule has 1 aliphatic carbocycles. The van der Waals surface area contributed by atoms with Crippen LogP contribution in [-0.4, -0.2) is 48.1 Å². The van der Waals surface area contributed by atoms with Gasteiger partial charge in [0, 0.05) is 6.54 Å². The van der Waals surface area contributed by atoms with Gasteiger partial charge in [-0.15, -0.1) is 0 Å². The van der Waals surface area contributed by atoms with E-state index in [-0.39, 0.29) is 18.8 Å². The van der Waals surface area contributed by atoms with Crippen molar-refractivity contribution in [2.24, 2.45) is 0 Å². The quantitative estimate of drug-likeness (QED) is 0.781. The van der Waals surface area contributed by atoms with Crippen molar-refractivity contribution < 1.29 is 18.7 Å². The van der Waals surface area contributed by atoms with E-state index in [0.717, 1.165) is 12.8 Å². The predicted octanol–water partition coefficient (Wildman–Crippen LogP) is 3.68. The topological polar surface area (TPSA) is 38.8 Å². The molecule has 0 spiro atoms. The van der Waals surface area contributed by atoms with Gasteiger partial charge < -0.3 is 14.4 Å². The first-order chi connectivity index (χ1) is 9.85. The van der Waals surface area contributed by atoms with Crippen LogP contribution in [0, 0.1) is 0 Å². The van der Waals surface area contributed by atoms with Crippen molar-refractivity contribution >= 4 is 6.09 Å². The summed E-state index contributed by atoms with van der Waals surface area (Å²) in [7, 11) is 0. The van der Waals surface area contributed by atoms with E-state index >= 15 is 0 Å². The van der Waals surface area contributed by atoms with Gasteiger partial charge in [-0.1, -0.05) is 19.3 Å². The molecule has 0 aromatic rings. The lowest BCUT2D eigenvalue weighted by atomic mass is 9.97. The van der Waals surface area contributed by atoms with E-state index in [1.807, 2.05) is 20.8 Å². The van der Waals surface area contributed by atoms with Gasteiger partial charge in [0.25, 0.3) is 0 Å². The molecule has 5 heteroatoms. The standard InChI is InChI=1S/C16H28FNO3/c1-16(2,3)21-15(19)18-10-9-14(13(17)11-18)20-12-7-5-4-6-8-12/h12-14H,4-11H2,1-3H3/t13-,14-/m1/s1. The highest BCUT2D eigenvalue weighted by atomic mass is 19.1. The van der Waals surface area contributed by atoms with E-state index in [1.165, 1.54) is 24.2 Å². The minimum Gasteiger partial charge on any atom is -0.444 e. The van der Waals surface area contributed by atoms with E-state index in [0.29, 0.717) is 13.0 Å². The van der Waals surface area contributed by atoms with E-state index < -0.39 is 17.9 Å². The first kappa shape index (κ1) is 16.5. The largest absolute Gasteiger partial charge is 0.444 e. The smallest absolute Gasteiger partial charge is 0.410 e. The fourth-order valence-corrected chi connectivity index (χ4v) is 2.98. The average molecular weight is 301 g/mol. The molecular weight excluding hydrogens is 273 g/mol. The van der Waals surface area contributed by atoms with E-state index in [2.05, 4.69) is 0 Å². The zero-order valence-corrected chi connectivity index (χ0v) is 13.4. The Morgan fingerprint density at radius 3 is 2.38 bits per heavy atom. The summed E-state index contributed by atoms with van der Waals surface area (Å²) < 4.78 is 25.5. The van der Waals surface area contributed by atoms with Crippen molar-refractivity contribution in [2.75, 3.05) is 13.1 Å². The molecule has 21 heavy (non-hydrogen) atoms. The van der Waals surface area contributed by atoms with Crippen LogP contribution in [-0.2, 0) is 9.47 Å². The van der Waals surface area contributed by atoms with Crippen LogP contribution >= 0.6 is 0 Å². The van der Waals surface area contributed by atoms with Gasteiger partial charge in [-0.25, -0.2) is 9.18 Å². The molecule has 0 unspecified atom stereocenters. The van der Waals surface area contributed by atoms with Gasteiger partial charge >= 0.3 is 6.09 Å². The average Bonchev–Trinajstić information content (AvgIpc) is 2.40. The SMILES string of the molecule is CC(C)(C)OC(=O)N1CC[C@@H](OC2CCCCC2)[C@H](F)C1. The van der Waals surface area contributed by atoms with Gasteiger partial charge in [0.05, 0.1) is 18.8 Å². The Hall–Kier alpha value is -0.840. The number of alkyl halides is 1. The van der Waals surface area contributed by atoms with Gasteiger partial charge in [0.15, 0.2) is 0 Å². The van der Waals surface area contributed by atoms with Crippen molar-refractivity contribution in [2.45, 2.75) is 83.3 Å². The first-order valence-electron chi connectivity index (χ1n) is 8.12. The van der Waals surface area contributed by atoms with Gasteiger partial charge in [-0.05, 0) is 40.0 Å². The molecule has 2 rings (SSSR count). The highest BCUT2D eigenvalue weighted by Crippen LogP contribution is 2.26. The number of halogens is 1. The molecule has 4 nitrogen and oxygen atoms in total. The summed E-state index contributed by atoms with van der Waals surface area (Å²) in [6.45, 7) is 6.03. The lowest BCUT2D eigenvalue weighted by Crippen LogP contribution is -2.50. The molecule has 2 aliphatic rings. The van der Waals surface area contributed by atoms with Crippen LogP contribution < -0.4 is 0 Å². The number of amides is 1. The van der Waals surface area contributed by atoms with Gasteiger partial charge in [-0.3, -0.25) is 0 Å². The molecule has 122 valence electrons. The second-order valence-corrected chi connectivity index (χ2v) is 7.17. The Kier molecular flexibility index (Phi) is 5.47. The van der Waals surface area contributed by atoms with Crippen molar-refractivity contribution in [3.63, 3.8) is 0 Å². The number of hydrogen-bond donors (Lipinski definition) is 0. The third kappa shape index (κ3) is 5.13. The van der Waals surface area contributed by atoms with E-state index in [1.54, 1.807) is 0 Å².